The summed E-state index contributed by atoms with van der Waals surface area (Å²) in [6.45, 7) is 0. The highest BCUT2D eigenvalue weighted by molar-refractivity contribution is 7.99. The van der Waals surface area contributed by atoms with E-state index in [1.807, 2.05) is 0 Å². The van der Waals surface area contributed by atoms with Crippen LogP contribution in [0.1, 0.15) is 29.7 Å². The number of carbonyl (C=O) groups excluding carboxylic acids is 1. The van der Waals surface area contributed by atoms with Crippen molar-refractivity contribution in [1.29, 1.82) is 0 Å². The van der Waals surface area contributed by atoms with Gasteiger partial charge in [-0.3, -0.25) is 4.79 Å². The zero-order chi connectivity index (χ0) is 14.8. The summed E-state index contributed by atoms with van der Waals surface area (Å²) < 4.78 is 4.62. The van der Waals surface area contributed by atoms with E-state index >= 15 is 0 Å². The number of nitrogens with two attached hydrogens (primary N) is 1. The van der Waals surface area contributed by atoms with Gasteiger partial charge in [-0.05, 0) is 31.2 Å². The van der Waals surface area contributed by atoms with Gasteiger partial charge in [0.05, 0.1) is 18.9 Å². The van der Waals surface area contributed by atoms with Crippen LogP contribution in [0, 0.1) is 0 Å². The summed E-state index contributed by atoms with van der Waals surface area (Å²) in [7, 11) is 1.39. The monoisotopic (exact) mass is 323 g/mol. The number of carbonyl (C=O) groups is 1. The summed E-state index contributed by atoms with van der Waals surface area (Å²) in [5.74, 6) is 0.950. The molecule has 0 fully saturated rings. The van der Waals surface area contributed by atoms with Crippen LogP contribution in [0.15, 0.2) is 5.16 Å². The largest absolute Gasteiger partial charge is 0.469 e. The van der Waals surface area contributed by atoms with E-state index in [0.29, 0.717) is 23.1 Å². The van der Waals surface area contributed by atoms with Crippen LogP contribution in [0.2, 0.25) is 0 Å². The number of ether oxygens (including phenoxy) is 1. The molecule has 0 aliphatic heterocycles. The van der Waals surface area contributed by atoms with Crippen molar-refractivity contribution in [2.45, 2.75) is 37.3 Å². The van der Waals surface area contributed by atoms with Crippen LogP contribution in [0.5, 0.6) is 0 Å². The van der Waals surface area contributed by atoms with Gasteiger partial charge in [0, 0.05) is 10.6 Å². The number of thiophene rings is 1. The summed E-state index contributed by atoms with van der Waals surface area (Å²) in [5.41, 5.74) is 7.49. The lowest BCUT2D eigenvalue weighted by molar-refractivity contribution is -0.140. The Balaban J connectivity index is 1.84. The molecule has 2 aromatic heterocycles. The topological polar surface area (TPSA) is 78.1 Å². The second-order valence-electron chi connectivity index (χ2n) is 4.96. The number of nitrogens with zero attached hydrogens (tertiary/aromatic N) is 2. The Hall–Kier alpha value is -1.34. The molecule has 0 aromatic carbocycles. The first-order valence-electron chi connectivity index (χ1n) is 6.96. The Bertz CT molecular complexity index is 684. The van der Waals surface area contributed by atoms with Crippen LogP contribution in [-0.4, -0.2) is 28.8 Å². The molecular formula is C14H17N3O2S2. The van der Waals surface area contributed by atoms with E-state index in [4.69, 9.17) is 5.73 Å². The van der Waals surface area contributed by atoms with E-state index in [1.165, 1.54) is 42.2 Å². The molecule has 1 aliphatic rings. The van der Waals surface area contributed by atoms with Crippen molar-refractivity contribution >= 4 is 45.1 Å². The Kier molecular flexibility index (Phi) is 4.30. The SMILES string of the molecule is COC(=O)CCSc1nc(N)c2c3c(sc2n1)CCCC3. The molecule has 0 radical (unpaired) electrons. The first kappa shape index (κ1) is 14.6. The molecule has 0 bridgehead atoms. The number of aromatic nitrogens is 2. The lowest BCUT2D eigenvalue weighted by Gasteiger charge is -2.10. The number of hydrogen-bond acceptors (Lipinski definition) is 7. The van der Waals surface area contributed by atoms with E-state index in [0.717, 1.165) is 23.1 Å². The molecule has 0 unspecified atom stereocenters. The Morgan fingerprint density at radius 3 is 3.00 bits per heavy atom. The molecule has 1 aliphatic carbocycles. The molecule has 0 atom stereocenters. The van der Waals surface area contributed by atoms with Crippen LogP contribution in [-0.2, 0) is 22.4 Å². The van der Waals surface area contributed by atoms with Crippen LogP contribution < -0.4 is 5.73 Å². The number of nitrogen functional groups attached to an aromatic ring is 1. The van der Waals surface area contributed by atoms with Gasteiger partial charge < -0.3 is 10.5 Å². The number of methoxy groups -OCH3 is 1. The Morgan fingerprint density at radius 2 is 2.19 bits per heavy atom. The van der Waals surface area contributed by atoms with E-state index in [2.05, 4.69) is 14.7 Å². The van der Waals surface area contributed by atoms with Crippen molar-refractivity contribution in [2.24, 2.45) is 0 Å². The van der Waals surface area contributed by atoms with Gasteiger partial charge in [0.25, 0.3) is 0 Å². The van der Waals surface area contributed by atoms with Crippen molar-refractivity contribution in [3.8, 4) is 0 Å². The molecule has 5 nitrogen and oxygen atoms in total. The predicted octanol–water partition coefficient (Wildman–Crippen LogP) is 2.81. The van der Waals surface area contributed by atoms with E-state index in [1.54, 1.807) is 11.3 Å². The molecule has 3 rings (SSSR count). The van der Waals surface area contributed by atoms with Crippen molar-refractivity contribution in [2.75, 3.05) is 18.6 Å². The Morgan fingerprint density at radius 1 is 1.38 bits per heavy atom. The van der Waals surface area contributed by atoms with Gasteiger partial charge in [-0.1, -0.05) is 11.8 Å². The minimum absolute atomic E-state index is 0.219. The highest BCUT2D eigenvalue weighted by Gasteiger charge is 2.20. The average molecular weight is 323 g/mol. The second-order valence-corrected chi connectivity index (χ2v) is 7.10. The smallest absolute Gasteiger partial charge is 0.306 e. The molecule has 7 heteroatoms. The van der Waals surface area contributed by atoms with Gasteiger partial charge in [-0.25, -0.2) is 9.97 Å². The average Bonchev–Trinajstić information content (AvgIpc) is 2.85. The first-order chi connectivity index (χ1) is 10.2. The normalized spacial score (nSPS) is 14.1. The van der Waals surface area contributed by atoms with E-state index < -0.39 is 0 Å². The number of hydrogen-bond donors (Lipinski definition) is 1. The van der Waals surface area contributed by atoms with Gasteiger partial charge >= 0.3 is 5.97 Å². The third-order valence-electron chi connectivity index (χ3n) is 3.59. The van der Waals surface area contributed by atoms with Crippen LogP contribution in [0.4, 0.5) is 5.82 Å². The fourth-order valence-corrected chi connectivity index (χ4v) is 4.65. The van der Waals surface area contributed by atoms with Crippen LogP contribution in [0.25, 0.3) is 10.2 Å². The molecule has 0 amide bonds. The van der Waals surface area contributed by atoms with Crippen molar-refractivity contribution in [3.05, 3.63) is 10.4 Å². The van der Waals surface area contributed by atoms with E-state index in [-0.39, 0.29) is 5.97 Å². The lowest BCUT2D eigenvalue weighted by Crippen LogP contribution is -2.03. The molecule has 2 N–H and O–H groups in total. The summed E-state index contributed by atoms with van der Waals surface area (Å²) in [6.07, 6.45) is 5.02. The first-order valence-corrected chi connectivity index (χ1v) is 8.76. The highest BCUT2D eigenvalue weighted by atomic mass is 32.2. The summed E-state index contributed by atoms with van der Waals surface area (Å²) in [4.78, 5) is 22.5. The minimum Gasteiger partial charge on any atom is -0.469 e. The third-order valence-corrected chi connectivity index (χ3v) is 5.62. The van der Waals surface area contributed by atoms with Gasteiger partial charge in [0.2, 0.25) is 0 Å². The van der Waals surface area contributed by atoms with Crippen LogP contribution in [0.3, 0.4) is 0 Å². The number of thioether (sulfide) groups is 1. The van der Waals surface area contributed by atoms with Gasteiger partial charge in [0.15, 0.2) is 5.16 Å². The summed E-state index contributed by atoms with van der Waals surface area (Å²) in [6, 6.07) is 0. The van der Waals surface area contributed by atoms with Gasteiger partial charge in [-0.2, -0.15) is 0 Å². The maximum Gasteiger partial charge on any atom is 0.306 e. The number of fused-ring (bicyclic) bond motifs is 3. The molecule has 2 aromatic rings. The van der Waals surface area contributed by atoms with E-state index in [9.17, 15) is 4.79 Å². The maximum absolute atomic E-state index is 11.1. The number of aryl methyl sites for hydroxylation is 2. The van der Waals surface area contributed by atoms with Crippen molar-refractivity contribution < 1.29 is 9.53 Å². The van der Waals surface area contributed by atoms with Gasteiger partial charge in [-0.15, -0.1) is 11.3 Å². The number of anilines is 1. The second kappa shape index (κ2) is 6.19. The number of rotatable bonds is 4. The Labute approximate surface area is 131 Å². The molecule has 0 spiro atoms. The fourth-order valence-electron chi connectivity index (χ4n) is 2.56. The lowest BCUT2D eigenvalue weighted by atomic mass is 9.97. The highest BCUT2D eigenvalue weighted by Crippen LogP contribution is 2.38. The zero-order valence-electron chi connectivity index (χ0n) is 11.8. The maximum atomic E-state index is 11.1. The molecule has 0 saturated heterocycles. The van der Waals surface area contributed by atoms with Crippen molar-refractivity contribution in [3.63, 3.8) is 0 Å². The summed E-state index contributed by atoms with van der Waals surface area (Å²) in [5, 5.41) is 1.69. The molecule has 21 heavy (non-hydrogen) atoms. The van der Waals surface area contributed by atoms with Gasteiger partial charge in [0.1, 0.15) is 10.6 Å². The standard InChI is InChI=1S/C14H17N3O2S2/c1-19-10(18)6-7-20-14-16-12(15)11-8-4-2-3-5-9(8)21-13(11)17-14/h2-7H2,1H3,(H2,15,16,17). The summed E-state index contributed by atoms with van der Waals surface area (Å²) >= 11 is 3.18. The van der Waals surface area contributed by atoms with Crippen LogP contribution >= 0.6 is 23.1 Å². The minimum atomic E-state index is -0.219. The molecule has 2 heterocycles. The molecule has 112 valence electrons. The molecular weight excluding hydrogens is 306 g/mol. The predicted molar refractivity (Wildman–Crippen MR) is 85.8 cm³/mol. The third kappa shape index (κ3) is 2.98. The zero-order valence-corrected chi connectivity index (χ0v) is 13.5. The molecule has 0 saturated carbocycles. The number of esters is 1. The fraction of sp³-hybridized carbons (Fsp3) is 0.500. The van der Waals surface area contributed by atoms with Crippen molar-refractivity contribution in [1.82, 2.24) is 9.97 Å². The quantitative estimate of drug-likeness (QED) is 0.529.